The van der Waals surface area contributed by atoms with Crippen LogP contribution in [0.1, 0.15) is 55.3 Å². The van der Waals surface area contributed by atoms with Crippen LogP contribution in [0.2, 0.25) is 0 Å². The first kappa shape index (κ1) is 24.6. The number of carboxylic acid groups (broad SMARTS) is 1. The summed E-state index contributed by atoms with van der Waals surface area (Å²) in [6, 6.07) is 12.6. The first-order valence-corrected chi connectivity index (χ1v) is 13.6. The van der Waals surface area contributed by atoms with Gasteiger partial charge in [-0.3, -0.25) is 9.59 Å². The summed E-state index contributed by atoms with van der Waals surface area (Å²) in [5.74, 6) is 1.29. The lowest BCUT2D eigenvalue weighted by Crippen LogP contribution is -2.43. The number of nitrogens with one attached hydrogen (secondary N) is 2. The second-order valence-corrected chi connectivity index (χ2v) is 10.7. The number of fused-ring (bicyclic) bond motifs is 2. The van der Waals surface area contributed by atoms with Crippen molar-refractivity contribution in [2.45, 2.75) is 57.8 Å². The molecule has 1 amide bonds. The standard InChI is InChI=1S/C29H38N4O3/c34-27(9-3-7-24-11-10-21-6-4-14-30-29(21)32-24)33-15-12-20(13-16-33)25(18-28(35)36)23-17-22-5-1-2-8-26(22)31-19-23/h1-2,5,8,10-11,20,23,25,31H,3-4,6-7,9,12-19H2,(H,30,32)(H,35,36)/t23-,25-/m0/s1. The predicted octanol–water partition coefficient (Wildman–Crippen LogP) is 4.38. The molecule has 3 aliphatic heterocycles. The number of aliphatic carboxylic acids is 1. The summed E-state index contributed by atoms with van der Waals surface area (Å²) < 4.78 is 0. The van der Waals surface area contributed by atoms with Gasteiger partial charge in [0.1, 0.15) is 5.82 Å². The number of amides is 1. The first-order valence-electron chi connectivity index (χ1n) is 13.6. The number of carbonyl (C=O) groups excluding carboxylic acids is 1. The molecule has 0 unspecified atom stereocenters. The van der Waals surface area contributed by atoms with Crippen molar-refractivity contribution in [2.24, 2.45) is 17.8 Å². The number of carboxylic acids is 1. The maximum absolute atomic E-state index is 12.9. The van der Waals surface area contributed by atoms with Crippen LogP contribution in [0.3, 0.4) is 0 Å². The predicted molar refractivity (Wildman–Crippen MR) is 141 cm³/mol. The quantitative estimate of drug-likeness (QED) is 0.509. The zero-order valence-electron chi connectivity index (χ0n) is 21.0. The van der Waals surface area contributed by atoms with Gasteiger partial charge in [-0.25, -0.2) is 4.98 Å². The monoisotopic (exact) mass is 490 g/mol. The first-order chi connectivity index (χ1) is 17.6. The fourth-order valence-corrected chi connectivity index (χ4v) is 6.35. The zero-order chi connectivity index (χ0) is 24.9. The lowest BCUT2D eigenvalue weighted by Gasteiger charge is -2.40. The van der Waals surface area contributed by atoms with Crippen LogP contribution < -0.4 is 10.6 Å². The number of aryl methyl sites for hydroxylation is 2. The van der Waals surface area contributed by atoms with Crippen molar-refractivity contribution in [1.82, 2.24) is 9.88 Å². The SMILES string of the molecule is O=C(O)C[C@@H](C1CCN(C(=O)CCCc2ccc3c(n2)NCCC3)CC1)[C@@H]1CNc2ccccc2C1. The molecule has 1 fully saturated rings. The van der Waals surface area contributed by atoms with Crippen LogP contribution >= 0.6 is 0 Å². The van der Waals surface area contributed by atoms with E-state index in [2.05, 4.69) is 41.0 Å². The van der Waals surface area contributed by atoms with Gasteiger partial charge in [0.15, 0.2) is 0 Å². The number of hydrogen-bond acceptors (Lipinski definition) is 5. The molecule has 3 aliphatic rings. The molecule has 3 N–H and O–H groups in total. The second kappa shape index (κ2) is 11.3. The van der Waals surface area contributed by atoms with E-state index in [9.17, 15) is 14.7 Å². The molecule has 0 saturated carbocycles. The Morgan fingerprint density at radius 2 is 1.89 bits per heavy atom. The average molecular weight is 491 g/mol. The Kier molecular flexibility index (Phi) is 7.73. The number of para-hydroxylation sites is 1. The van der Waals surface area contributed by atoms with Crippen molar-refractivity contribution in [1.29, 1.82) is 0 Å². The lowest BCUT2D eigenvalue weighted by molar-refractivity contribution is -0.140. The summed E-state index contributed by atoms with van der Waals surface area (Å²) >= 11 is 0. The van der Waals surface area contributed by atoms with Crippen LogP contribution in [0.25, 0.3) is 0 Å². The largest absolute Gasteiger partial charge is 0.481 e. The zero-order valence-corrected chi connectivity index (χ0v) is 21.0. The third-order valence-corrected chi connectivity index (χ3v) is 8.34. The van der Waals surface area contributed by atoms with Crippen molar-refractivity contribution < 1.29 is 14.7 Å². The van der Waals surface area contributed by atoms with Gasteiger partial charge in [-0.05, 0) is 86.0 Å². The number of likely N-dealkylation sites (tertiary alicyclic amines) is 1. The number of carbonyl (C=O) groups is 2. The third-order valence-electron chi connectivity index (χ3n) is 8.34. The Balaban J connectivity index is 1.11. The highest BCUT2D eigenvalue weighted by atomic mass is 16.4. The van der Waals surface area contributed by atoms with Gasteiger partial charge in [-0.2, -0.15) is 0 Å². The molecular formula is C29H38N4O3. The molecule has 0 radical (unpaired) electrons. The number of piperidine rings is 1. The van der Waals surface area contributed by atoms with Gasteiger partial charge in [-0.1, -0.05) is 24.3 Å². The number of rotatable bonds is 8. The van der Waals surface area contributed by atoms with E-state index >= 15 is 0 Å². The topological polar surface area (TPSA) is 94.6 Å². The van der Waals surface area contributed by atoms with Gasteiger partial charge in [0.2, 0.25) is 5.91 Å². The maximum atomic E-state index is 12.9. The molecule has 2 aromatic rings. The van der Waals surface area contributed by atoms with Gasteiger partial charge < -0.3 is 20.6 Å². The van der Waals surface area contributed by atoms with Gasteiger partial charge in [0.05, 0.1) is 0 Å². The molecule has 7 heteroatoms. The Morgan fingerprint density at radius 1 is 1.06 bits per heavy atom. The number of aromatic nitrogens is 1. The van der Waals surface area contributed by atoms with Crippen LogP contribution in [-0.2, 0) is 28.9 Å². The lowest BCUT2D eigenvalue weighted by atomic mass is 9.72. The van der Waals surface area contributed by atoms with Crippen LogP contribution in [0.5, 0.6) is 0 Å². The van der Waals surface area contributed by atoms with Crippen molar-refractivity contribution >= 4 is 23.4 Å². The molecule has 1 saturated heterocycles. The molecule has 36 heavy (non-hydrogen) atoms. The molecule has 5 rings (SSSR count). The van der Waals surface area contributed by atoms with Crippen molar-refractivity contribution in [3.63, 3.8) is 0 Å². The summed E-state index contributed by atoms with van der Waals surface area (Å²) in [5.41, 5.74) is 4.79. The fraction of sp³-hybridized carbons (Fsp3) is 0.552. The Hall–Kier alpha value is -3.09. The van der Waals surface area contributed by atoms with E-state index in [-0.39, 0.29) is 18.2 Å². The average Bonchev–Trinajstić information content (AvgIpc) is 2.91. The minimum absolute atomic E-state index is 0.129. The summed E-state index contributed by atoms with van der Waals surface area (Å²) in [4.78, 5) is 31.4. The van der Waals surface area contributed by atoms with E-state index in [0.717, 1.165) is 82.6 Å². The van der Waals surface area contributed by atoms with E-state index in [0.29, 0.717) is 18.3 Å². The molecule has 2 atom stereocenters. The molecule has 7 nitrogen and oxygen atoms in total. The molecule has 0 bridgehead atoms. The molecule has 192 valence electrons. The summed E-state index contributed by atoms with van der Waals surface area (Å²) in [6.45, 7) is 3.27. The Morgan fingerprint density at radius 3 is 2.72 bits per heavy atom. The molecule has 0 aliphatic carbocycles. The number of benzene rings is 1. The maximum Gasteiger partial charge on any atom is 0.303 e. The van der Waals surface area contributed by atoms with Crippen molar-refractivity contribution in [2.75, 3.05) is 36.8 Å². The van der Waals surface area contributed by atoms with E-state index in [1.807, 2.05) is 11.0 Å². The molecular weight excluding hydrogens is 452 g/mol. The van der Waals surface area contributed by atoms with Crippen LogP contribution in [-0.4, -0.2) is 53.0 Å². The van der Waals surface area contributed by atoms with Crippen molar-refractivity contribution in [3.8, 4) is 0 Å². The van der Waals surface area contributed by atoms with Crippen molar-refractivity contribution in [3.05, 3.63) is 53.2 Å². The second-order valence-electron chi connectivity index (χ2n) is 10.7. The van der Waals surface area contributed by atoms with Gasteiger partial charge >= 0.3 is 5.97 Å². The smallest absolute Gasteiger partial charge is 0.303 e. The van der Waals surface area contributed by atoms with Crippen LogP contribution in [0, 0.1) is 17.8 Å². The van der Waals surface area contributed by atoms with E-state index in [1.165, 1.54) is 16.8 Å². The van der Waals surface area contributed by atoms with Gasteiger partial charge in [-0.15, -0.1) is 0 Å². The third kappa shape index (κ3) is 5.82. The van der Waals surface area contributed by atoms with E-state index < -0.39 is 5.97 Å². The number of hydrogen-bond donors (Lipinski definition) is 3. The summed E-state index contributed by atoms with van der Waals surface area (Å²) in [5, 5.41) is 16.5. The highest BCUT2D eigenvalue weighted by Crippen LogP contribution is 2.38. The Bertz CT molecular complexity index is 1080. The summed E-state index contributed by atoms with van der Waals surface area (Å²) in [7, 11) is 0. The molecule has 1 aromatic heterocycles. The minimum Gasteiger partial charge on any atom is -0.481 e. The van der Waals surface area contributed by atoms with E-state index in [4.69, 9.17) is 4.98 Å². The van der Waals surface area contributed by atoms with Crippen LogP contribution in [0.15, 0.2) is 36.4 Å². The number of nitrogens with zero attached hydrogens (tertiary/aromatic N) is 2. The van der Waals surface area contributed by atoms with Gasteiger partial charge in [0, 0.05) is 50.4 Å². The van der Waals surface area contributed by atoms with Crippen LogP contribution in [0.4, 0.5) is 11.5 Å². The van der Waals surface area contributed by atoms with Gasteiger partial charge in [0.25, 0.3) is 0 Å². The fourth-order valence-electron chi connectivity index (χ4n) is 6.35. The molecule has 0 spiro atoms. The molecule has 4 heterocycles. The highest BCUT2D eigenvalue weighted by Gasteiger charge is 2.36. The molecule has 1 aromatic carbocycles. The normalized spacial score (nSPS) is 20.4. The Labute approximate surface area is 213 Å². The minimum atomic E-state index is -0.719. The van der Waals surface area contributed by atoms with E-state index in [1.54, 1.807) is 0 Å². The number of pyridine rings is 1. The number of anilines is 2. The summed E-state index contributed by atoms with van der Waals surface area (Å²) in [6.07, 6.45) is 7.30. The highest BCUT2D eigenvalue weighted by molar-refractivity contribution is 5.76.